The van der Waals surface area contributed by atoms with Gasteiger partial charge in [-0.25, -0.2) is 9.59 Å². The molecule has 0 bridgehead atoms. The average Bonchev–Trinajstić information content (AvgIpc) is 2.62. The van der Waals surface area contributed by atoms with Crippen LogP contribution in [0.3, 0.4) is 0 Å². The fourth-order valence-electron chi connectivity index (χ4n) is 2.04. The number of benzene rings is 2. The maximum atomic E-state index is 12.3. The van der Waals surface area contributed by atoms with Gasteiger partial charge in [-0.1, -0.05) is 31.5 Å². The predicted octanol–water partition coefficient (Wildman–Crippen LogP) is 3.87. The first kappa shape index (κ1) is 17.5. The Bertz CT molecular complexity index is 708. The van der Waals surface area contributed by atoms with Crippen molar-refractivity contribution >= 4 is 11.9 Å². The molecule has 0 radical (unpaired) electrons. The van der Waals surface area contributed by atoms with Crippen molar-refractivity contribution in [3.05, 3.63) is 59.7 Å². The summed E-state index contributed by atoms with van der Waals surface area (Å²) in [4.78, 5) is 24.0. The van der Waals surface area contributed by atoms with Crippen LogP contribution in [-0.4, -0.2) is 25.7 Å². The zero-order valence-electron chi connectivity index (χ0n) is 13.8. The number of ether oxygens (including phenoxy) is 3. The lowest BCUT2D eigenvalue weighted by Crippen LogP contribution is -2.12. The van der Waals surface area contributed by atoms with Crippen LogP contribution in [0.5, 0.6) is 11.5 Å². The number of hydrogen-bond acceptors (Lipinski definition) is 5. The summed E-state index contributed by atoms with van der Waals surface area (Å²) in [5.74, 6) is -0.354. The van der Waals surface area contributed by atoms with Gasteiger partial charge in [-0.05, 0) is 36.8 Å². The van der Waals surface area contributed by atoms with Crippen molar-refractivity contribution in [2.24, 2.45) is 0 Å². The van der Waals surface area contributed by atoms with Crippen LogP contribution in [-0.2, 0) is 4.74 Å². The highest BCUT2D eigenvalue weighted by molar-refractivity contribution is 5.96. The lowest BCUT2D eigenvalue weighted by Gasteiger charge is -2.10. The smallest absolute Gasteiger partial charge is 0.343 e. The summed E-state index contributed by atoms with van der Waals surface area (Å²) in [5, 5.41) is 0. The molecule has 0 amide bonds. The number of para-hydroxylation sites is 1. The van der Waals surface area contributed by atoms with E-state index in [-0.39, 0.29) is 11.3 Å². The molecule has 0 aliphatic rings. The van der Waals surface area contributed by atoms with E-state index in [1.54, 1.807) is 48.5 Å². The predicted molar refractivity (Wildman–Crippen MR) is 89.6 cm³/mol. The van der Waals surface area contributed by atoms with Gasteiger partial charge >= 0.3 is 11.9 Å². The van der Waals surface area contributed by atoms with Crippen LogP contribution in [0.1, 0.15) is 40.5 Å². The Morgan fingerprint density at radius 3 is 2.54 bits per heavy atom. The third-order valence-electron chi connectivity index (χ3n) is 3.33. The van der Waals surface area contributed by atoms with E-state index in [9.17, 15) is 9.59 Å². The SMILES string of the molecule is CCCCOc1cccc(C(=O)Oc2ccccc2C(=O)OC)c1. The first-order valence-corrected chi connectivity index (χ1v) is 7.78. The van der Waals surface area contributed by atoms with Gasteiger partial charge in [-0.15, -0.1) is 0 Å². The Labute approximate surface area is 141 Å². The number of esters is 2. The number of methoxy groups -OCH3 is 1. The quantitative estimate of drug-likeness (QED) is 0.438. The lowest BCUT2D eigenvalue weighted by molar-refractivity contribution is 0.0593. The first-order chi connectivity index (χ1) is 11.7. The zero-order valence-corrected chi connectivity index (χ0v) is 13.8. The van der Waals surface area contributed by atoms with Crippen LogP contribution in [0.2, 0.25) is 0 Å². The normalized spacial score (nSPS) is 10.1. The van der Waals surface area contributed by atoms with Gasteiger partial charge in [0.2, 0.25) is 0 Å². The molecule has 0 heterocycles. The van der Waals surface area contributed by atoms with Gasteiger partial charge in [0.25, 0.3) is 0 Å². The van der Waals surface area contributed by atoms with Crippen LogP contribution in [0.15, 0.2) is 48.5 Å². The summed E-state index contributed by atoms with van der Waals surface area (Å²) in [6, 6.07) is 13.2. The van der Waals surface area contributed by atoms with E-state index in [2.05, 4.69) is 11.7 Å². The van der Waals surface area contributed by atoms with Crippen LogP contribution in [0.4, 0.5) is 0 Å². The molecule has 24 heavy (non-hydrogen) atoms. The van der Waals surface area contributed by atoms with Crippen molar-refractivity contribution in [2.45, 2.75) is 19.8 Å². The summed E-state index contributed by atoms with van der Waals surface area (Å²) in [6.45, 7) is 2.68. The Morgan fingerprint density at radius 1 is 1.00 bits per heavy atom. The summed E-state index contributed by atoms with van der Waals surface area (Å²) in [5.41, 5.74) is 0.548. The summed E-state index contributed by atoms with van der Waals surface area (Å²) in [7, 11) is 1.28. The number of unbranched alkanes of at least 4 members (excludes halogenated alkanes) is 1. The van der Waals surface area contributed by atoms with E-state index in [1.807, 2.05) is 0 Å². The Kier molecular flexibility index (Phi) is 6.37. The molecule has 5 heteroatoms. The molecule has 0 aliphatic heterocycles. The van der Waals surface area contributed by atoms with E-state index in [4.69, 9.17) is 9.47 Å². The highest BCUT2D eigenvalue weighted by Gasteiger charge is 2.16. The summed E-state index contributed by atoms with van der Waals surface area (Å²) < 4.78 is 15.6. The fourth-order valence-corrected chi connectivity index (χ4v) is 2.04. The topological polar surface area (TPSA) is 61.8 Å². The number of rotatable bonds is 7. The van der Waals surface area contributed by atoms with Crippen molar-refractivity contribution in [3.8, 4) is 11.5 Å². The largest absolute Gasteiger partial charge is 0.494 e. The van der Waals surface area contributed by atoms with E-state index < -0.39 is 11.9 Å². The molecule has 0 unspecified atom stereocenters. The minimum Gasteiger partial charge on any atom is -0.494 e. The molecular weight excluding hydrogens is 308 g/mol. The van der Waals surface area contributed by atoms with Crippen molar-refractivity contribution < 1.29 is 23.8 Å². The van der Waals surface area contributed by atoms with E-state index >= 15 is 0 Å². The van der Waals surface area contributed by atoms with Crippen LogP contribution in [0, 0.1) is 0 Å². The molecule has 0 aromatic heterocycles. The second-order valence-electron chi connectivity index (χ2n) is 5.11. The van der Waals surface area contributed by atoms with Gasteiger partial charge in [0, 0.05) is 0 Å². The monoisotopic (exact) mass is 328 g/mol. The molecule has 0 N–H and O–H groups in total. The highest BCUT2D eigenvalue weighted by Crippen LogP contribution is 2.21. The molecule has 0 saturated heterocycles. The number of carbonyl (C=O) groups excluding carboxylic acids is 2. The Hall–Kier alpha value is -2.82. The minimum atomic E-state index is -0.563. The van der Waals surface area contributed by atoms with Gasteiger partial charge in [0.1, 0.15) is 17.1 Å². The van der Waals surface area contributed by atoms with Crippen molar-refractivity contribution in [1.29, 1.82) is 0 Å². The zero-order chi connectivity index (χ0) is 17.4. The van der Waals surface area contributed by atoms with Crippen molar-refractivity contribution in [1.82, 2.24) is 0 Å². The van der Waals surface area contributed by atoms with Gasteiger partial charge in [0.05, 0.1) is 19.3 Å². The third kappa shape index (κ3) is 4.59. The minimum absolute atomic E-state index is 0.159. The van der Waals surface area contributed by atoms with E-state index in [1.165, 1.54) is 7.11 Å². The van der Waals surface area contributed by atoms with Gasteiger partial charge in [0.15, 0.2) is 0 Å². The third-order valence-corrected chi connectivity index (χ3v) is 3.33. The standard InChI is InChI=1S/C19H20O5/c1-3-4-12-23-15-9-7-8-14(13-15)18(20)24-17-11-6-5-10-16(17)19(21)22-2/h5-11,13H,3-4,12H2,1-2H3. The van der Waals surface area contributed by atoms with E-state index in [0.717, 1.165) is 12.8 Å². The average molecular weight is 328 g/mol. The second-order valence-corrected chi connectivity index (χ2v) is 5.11. The highest BCUT2D eigenvalue weighted by atomic mass is 16.5. The number of carbonyl (C=O) groups is 2. The fraction of sp³-hybridized carbons (Fsp3) is 0.263. The maximum absolute atomic E-state index is 12.3. The second kappa shape index (κ2) is 8.72. The van der Waals surface area contributed by atoms with Crippen LogP contribution >= 0.6 is 0 Å². The van der Waals surface area contributed by atoms with Crippen molar-refractivity contribution in [2.75, 3.05) is 13.7 Å². The molecule has 2 rings (SSSR count). The first-order valence-electron chi connectivity index (χ1n) is 7.78. The molecule has 0 fully saturated rings. The Morgan fingerprint density at radius 2 is 1.79 bits per heavy atom. The lowest BCUT2D eigenvalue weighted by atomic mass is 10.2. The summed E-state index contributed by atoms with van der Waals surface area (Å²) >= 11 is 0. The molecule has 5 nitrogen and oxygen atoms in total. The Balaban J connectivity index is 2.13. The van der Waals surface area contributed by atoms with Gasteiger partial charge < -0.3 is 14.2 Å². The van der Waals surface area contributed by atoms with Gasteiger partial charge in [-0.3, -0.25) is 0 Å². The number of hydrogen-bond donors (Lipinski definition) is 0. The van der Waals surface area contributed by atoms with Crippen LogP contribution < -0.4 is 9.47 Å². The molecule has 2 aromatic carbocycles. The molecule has 126 valence electrons. The molecule has 2 aromatic rings. The van der Waals surface area contributed by atoms with E-state index in [0.29, 0.717) is 17.9 Å². The summed E-state index contributed by atoms with van der Waals surface area (Å²) in [6.07, 6.45) is 1.98. The van der Waals surface area contributed by atoms with Crippen LogP contribution in [0.25, 0.3) is 0 Å². The van der Waals surface area contributed by atoms with Gasteiger partial charge in [-0.2, -0.15) is 0 Å². The maximum Gasteiger partial charge on any atom is 0.343 e. The molecular formula is C19H20O5. The molecule has 0 spiro atoms. The van der Waals surface area contributed by atoms with Crippen molar-refractivity contribution in [3.63, 3.8) is 0 Å². The molecule has 0 atom stereocenters. The molecule has 0 aliphatic carbocycles. The molecule has 0 saturated carbocycles.